The maximum Gasteiger partial charge on any atom is 0.410 e. The number of nitrogens with zero attached hydrogens (tertiary/aromatic N) is 1. The Morgan fingerprint density at radius 1 is 1.45 bits per heavy atom. The zero-order valence-electron chi connectivity index (χ0n) is 13.4. The van der Waals surface area contributed by atoms with E-state index in [0.717, 1.165) is 19.3 Å². The van der Waals surface area contributed by atoms with Crippen molar-refractivity contribution in [1.82, 2.24) is 4.90 Å². The molecule has 4 heteroatoms. The average molecular weight is 295 g/mol. The number of hydrogen-bond donors (Lipinski definition) is 0. The molecule has 1 atom stereocenters. The second kappa shape index (κ2) is 5.06. The third kappa shape index (κ3) is 3.00. The zero-order valence-corrected chi connectivity index (χ0v) is 14.2. The summed E-state index contributed by atoms with van der Waals surface area (Å²) < 4.78 is 5.51. The monoisotopic (exact) mass is 295 g/mol. The Morgan fingerprint density at radius 2 is 2.10 bits per heavy atom. The van der Waals surface area contributed by atoms with Gasteiger partial charge in [0, 0.05) is 17.5 Å². The molecule has 1 unspecified atom stereocenters. The quantitative estimate of drug-likeness (QED) is 0.778. The molecule has 112 valence electrons. The summed E-state index contributed by atoms with van der Waals surface area (Å²) in [6.07, 6.45) is 2.74. The minimum Gasteiger partial charge on any atom is -0.444 e. The molecule has 0 saturated heterocycles. The molecule has 1 aliphatic rings. The van der Waals surface area contributed by atoms with E-state index in [0.29, 0.717) is 0 Å². The van der Waals surface area contributed by atoms with Gasteiger partial charge in [0.05, 0.1) is 0 Å². The SMILES string of the molecule is Cc1scc2c1CC(C)(N(C)C(=O)OC(C)(C)C)CC2. The van der Waals surface area contributed by atoms with Gasteiger partial charge in [-0.3, -0.25) is 0 Å². The first kappa shape index (κ1) is 15.4. The summed E-state index contributed by atoms with van der Waals surface area (Å²) in [5.41, 5.74) is 2.29. The first-order chi connectivity index (χ1) is 9.12. The van der Waals surface area contributed by atoms with Crippen molar-refractivity contribution in [2.45, 2.75) is 65.0 Å². The summed E-state index contributed by atoms with van der Waals surface area (Å²) in [6, 6.07) is 0. The summed E-state index contributed by atoms with van der Waals surface area (Å²) in [5.74, 6) is 0. The van der Waals surface area contributed by atoms with Gasteiger partial charge in [-0.15, -0.1) is 11.3 Å². The molecule has 2 rings (SSSR count). The van der Waals surface area contributed by atoms with Crippen LogP contribution in [0, 0.1) is 6.92 Å². The van der Waals surface area contributed by atoms with E-state index in [1.165, 1.54) is 16.0 Å². The molecular weight excluding hydrogens is 270 g/mol. The smallest absolute Gasteiger partial charge is 0.410 e. The Morgan fingerprint density at radius 3 is 2.70 bits per heavy atom. The maximum atomic E-state index is 12.3. The van der Waals surface area contributed by atoms with Gasteiger partial charge in [0.25, 0.3) is 0 Å². The lowest BCUT2D eigenvalue weighted by Gasteiger charge is -2.42. The van der Waals surface area contributed by atoms with Gasteiger partial charge in [0.2, 0.25) is 0 Å². The van der Waals surface area contributed by atoms with Crippen LogP contribution < -0.4 is 0 Å². The van der Waals surface area contributed by atoms with Gasteiger partial charge in [-0.05, 0) is 70.4 Å². The number of rotatable bonds is 1. The summed E-state index contributed by atoms with van der Waals surface area (Å²) in [4.78, 5) is 15.5. The van der Waals surface area contributed by atoms with Crippen LogP contribution in [0.2, 0.25) is 0 Å². The molecule has 0 radical (unpaired) electrons. The molecule has 0 N–H and O–H groups in total. The van der Waals surface area contributed by atoms with Crippen LogP contribution in [-0.4, -0.2) is 29.2 Å². The van der Waals surface area contributed by atoms with E-state index >= 15 is 0 Å². The number of carbonyl (C=O) groups is 1. The summed E-state index contributed by atoms with van der Waals surface area (Å²) in [5, 5.41) is 2.26. The van der Waals surface area contributed by atoms with Crippen molar-refractivity contribution in [3.05, 3.63) is 21.4 Å². The number of fused-ring (bicyclic) bond motifs is 1. The van der Waals surface area contributed by atoms with Crippen LogP contribution in [0.3, 0.4) is 0 Å². The van der Waals surface area contributed by atoms with Crippen molar-refractivity contribution in [2.24, 2.45) is 0 Å². The van der Waals surface area contributed by atoms with Crippen LogP contribution in [0.4, 0.5) is 4.79 Å². The highest BCUT2D eigenvalue weighted by Gasteiger charge is 2.38. The summed E-state index contributed by atoms with van der Waals surface area (Å²) >= 11 is 1.82. The Hall–Kier alpha value is -1.03. The first-order valence-corrected chi connectivity index (χ1v) is 8.03. The molecule has 0 spiro atoms. The van der Waals surface area contributed by atoms with Crippen molar-refractivity contribution in [3.63, 3.8) is 0 Å². The van der Waals surface area contributed by atoms with Gasteiger partial charge in [0.1, 0.15) is 5.60 Å². The molecule has 1 heterocycles. The fourth-order valence-electron chi connectivity index (χ4n) is 2.69. The Balaban J connectivity index is 2.16. The molecular formula is C16H25NO2S. The van der Waals surface area contributed by atoms with Crippen molar-refractivity contribution < 1.29 is 9.53 Å². The van der Waals surface area contributed by atoms with Crippen LogP contribution in [-0.2, 0) is 17.6 Å². The zero-order chi connectivity index (χ0) is 15.1. The van der Waals surface area contributed by atoms with E-state index in [9.17, 15) is 4.79 Å². The normalized spacial score (nSPS) is 22.3. The molecule has 0 aromatic carbocycles. The molecule has 0 saturated carbocycles. The molecule has 0 bridgehead atoms. The van der Waals surface area contributed by atoms with Gasteiger partial charge < -0.3 is 9.64 Å². The number of carbonyl (C=O) groups excluding carboxylic acids is 1. The fraction of sp³-hybridized carbons (Fsp3) is 0.688. The second-order valence-electron chi connectivity index (χ2n) is 7.01. The molecule has 1 amide bonds. The largest absolute Gasteiger partial charge is 0.444 e. The second-order valence-corrected chi connectivity index (χ2v) is 8.09. The van der Waals surface area contributed by atoms with Gasteiger partial charge in [-0.25, -0.2) is 4.79 Å². The van der Waals surface area contributed by atoms with Gasteiger partial charge in [-0.1, -0.05) is 0 Å². The molecule has 1 aliphatic carbocycles. The van der Waals surface area contributed by atoms with Crippen LogP contribution in [0.5, 0.6) is 0 Å². The van der Waals surface area contributed by atoms with Crippen molar-refractivity contribution in [2.75, 3.05) is 7.05 Å². The number of hydrogen-bond acceptors (Lipinski definition) is 3. The van der Waals surface area contributed by atoms with Crippen LogP contribution in [0.1, 0.15) is 50.1 Å². The standard InChI is InChI=1S/C16H25NO2S/c1-11-13-9-16(5,8-7-12(13)10-20-11)17(6)14(18)19-15(2,3)4/h10H,7-9H2,1-6H3. The van der Waals surface area contributed by atoms with E-state index in [-0.39, 0.29) is 11.6 Å². The third-order valence-corrected chi connectivity index (χ3v) is 5.16. The predicted molar refractivity (Wildman–Crippen MR) is 83.5 cm³/mol. The van der Waals surface area contributed by atoms with Crippen molar-refractivity contribution in [1.29, 1.82) is 0 Å². The summed E-state index contributed by atoms with van der Waals surface area (Å²) in [6.45, 7) is 10.1. The molecule has 0 aliphatic heterocycles. The lowest BCUT2D eigenvalue weighted by molar-refractivity contribution is 0.00552. The van der Waals surface area contributed by atoms with Gasteiger partial charge in [0.15, 0.2) is 0 Å². The van der Waals surface area contributed by atoms with E-state index in [1.54, 1.807) is 4.90 Å². The van der Waals surface area contributed by atoms with Crippen LogP contribution in [0.15, 0.2) is 5.38 Å². The Labute approximate surface area is 125 Å². The molecule has 1 aromatic heterocycles. The predicted octanol–water partition coefficient (Wildman–Crippen LogP) is 4.17. The lowest BCUT2D eigenvalue weighted by Crippen LogP contribution is -2.52. The Kier molecular flexibility index (Phi) is 3.89. The van der Waals surface area contributed by atoms with E-state index in [4.69, 9.17) is 4.74 Å². The minimum atomic E-state index is -0.445. The average Bonchev–Trinajstić information content (AvgIpc) is 2.67. The number of aryl methyl sites for hydroxylation is 2. The number of ether oxygens (including phenoxy) is 1. The molecule has 20 heavy (non-hydrogen) atoms. The number of amides is 1. The van der Waals surface area contributed by atoms with Crippen molar-refractivity contribution >= 4 is 17.4 Å². The highest BCUT2D eigenvalue weighted by molar-refractivity contribution is 7.10. The van der Waals surface area contributed by atoms with Gasteiger partial charge in [-0.2, -0.15) is 0 Å². The first-order valence-electron chi connectivity index (χ1n) is 7.15. The third-order valence-electron chi connectivity index (χ3n) is 4.16. The fourth-order valence-corrected chi connectivity index (χ4v) is 3.61. The molecule has 1 aromatic rings. The van der Waals surface area contributed by atoms with Crippen LogP contribution in [0.25, 0.3) is 0 Å². The highest BCUT2D eigenvalue weighted by atomic mass is 32.1. The Bertz CT molecular complexity index is 515. The maximum absolute atomic E-state index is 12.3. The van der Waals surface area contributed by atoms with E-state index in [2.05, 4.69) is 19.2 Å². The van der Waals surface area contributed by atoms with Crippen LogP contribution >= 0.6 is 11.3 Å². The minimum absolute atomic E-state index is 0.152. The summed E-state index contributed by atoms with van der Waals surface area (Å²) in [7, 11) is 1.86. The molecule has 3 nitrogen and oxygen atoms in total. The number of likely N-dealkylation sites (N-methyl/N-ethyl adjacent to an activating group) is 1. The van der Waals surface area contributed by atoms with E-state index in [1.807, 2.05) is 39.2 Å². The topological polar surface area (TPSA) is 29.5 Å². The molecule has 0 fully saturated rings. The van der Waals surface area contributed by atoms with Crippen molar-refractivity contribution in [3.8, 4) is 0 Å². The van der Waals surface area contributed by atoms with Gasteiger partial charge >= 0.3 is 6.09 Å². The van der Waals surface area contributed by atoms with E-state index < -0.39 is 5.60 Å². The highest BCUT2D eigenvalue weighted by Crippen LogP contribution is 2.37. The lowest BCUT2D eigenvalue weighted by atomic mass is 9.79. The number of thiophene rings is 1.